The first-order valence-corrected chi connectivity index (χ1v) is 6.67. The van der Waals surface area contributed by atoms with Gasteiger partial charge in [0.25, 0.3) is 5.56 Å². The molecule has 0 saturated carbocycles. The highest BCUT2D eigenvalue weighted by atomic mass is 16.1. The van der Waals surface area contributed by atoms with Crippen molar-refractivity contribution in [3.63, 3.8) is 0 Å². The SMILES string of the molecule is O=c1cc(-c2ccccc2)nc(NN=Cc2cccnc2)[nH]1. The lowest BCUT2D eigenvalue weighted by Gasteiger charge is -2.03. The maximum absolute atomic E-state index is 11.7. The average Bonchev–Trinajstić information content (AvgIpc) is 2.56. The van der Waals surface area contributed by atoms with Crippen LogP contribution in [0.4, 0.5) is 5.95 Å². The number of benzene rings is 1. The van der Waals surface area contributed by atoms with Gasteiger partial charge in [-0.3, -0.25) is 14.8 Å². The van der Waals surface area contributed by atoms with E-state index in [0.29, 0.717) is 5.69 Å². The van der Waals surface area contributed by atoms with Gasteiger partial charge in [-0.25, -0.2) is 10.4 Å². The Morgan fingerprint density at radius 2 is 2.00 bits per heavy atom. The van der Waals surface area contributed by atoms with Gasteiger partial charge in [0.05, 0.1) is 11.9 Å². The molecule has 108 valence electrons. The Hall–Kier alpha value is -3.28. The van der Waals surface area contributed by atoms with Gasteiger partial charge in [-0.1, -0.05) is 36.4 Å². The highest BCUT2D eigenvalue weighted by Gasteiger charge is 2.02. The smallest absolute Gasteiger partial charge is 0.252 e. The summed E-state index contributed by atoms with van der Waals surface area (Å²) in [6, 6.07) is 14.6. The second kappa shape index (κ2) is 6.45. The van der Waals surface area contributed by atoms with Gasteiger partial charge in [0, 0.05) is 29.6 Å². The Morgan fingerprint density at radius 3 is 2.77 bits per heavy atom. The molecule has 0 spiro atoms. The van der Waals surface area contributed by atoms with E-state index in [-0.39, 0.29) is 11.5 Å². The number of hydrogen-bond acceptors (Lipinski definition) is 5. The van der Waals surface area contributed by atoms with E-state index < -0.39 is 0 Å². The molecule has 22 heavy (non-hydrogen) atoms. The molecule has 0 saturated heterocycles. The van der Waals surface area contributed by atoms with Crippen LogP contribution in [0.15, 0.2) is 70.8 Å². The van der Waals surface area contributed by atoms with Gasteiger partial charge < -0.3 is 0 Å². The van der Waals surface area contributed by atoms with Crippen molar-refractivity contribution in [3.05, 3.63) is 76.8 Å². The van der Waals surface area contributed by atoms with Gasteiger partial charge in [0.15, 0.2) is 0 Å². The minimum Gasteiger partial charge on any atom is -0.291 e. The molecule has 0 fully saturated rings. The number of nitrogens with one attached hydrogen (secondary N) is 2. The number of hydrazone groups is 1. The molecule has 6 nitrogen and oxygen atoms in total. The standard InChI is InChI=1S/C16H13N5O/c22-15-9-14(13-6-2-1-3-7-13)19-16(20-15)21-18-11-12-5-4-8-17-10-12/h1-11H,(H2,19,20,21,22). The molecule has 2 aromatic heterocycles. The van der Waals surface area contributed by atoms with Crippen molar-refractivity contribution in [2.24, 2.45) is 5.10 Å². The Balaban J connectivity index is 1.81. The van der Waals surface area contributed by atoms with Crippen molar-refractivity contribution in [3.8, 4) is 11.3 Å². The van der Waals surface area contributed by atoms with Gasteiger partial charge in [0.1, 0.15) is 0 Å². The molecule has 0 amide bonds. The molecule has 0 atom stereocenters. The number of H-pyrrole nitrogens is 1. The predicted octanol–water partition coefficient (Wildman–Crippen LogP) is 2.28. The zero-order chi connectivity index (χ0) is 15.2. The summed E-state index contributed by atoms with van der Waals surface area (Å²) in [6.07, 6.45) is 4.97. The molecular weight excluding hydrogens is 278 g/mol. The number of nitrogens with zero attached hydrogens (tertiary/aromatic N) is 3. The first-order chi connectivity index (χ1) is 10.8. The number of pyridine rings is 1. The van der Waals surface area contributed by atoms with Crippen molar-refractivity contribution in [2.45, 2.75) is 0 Å². The summed E-state index contributed by atoms with van der Waals surface area (Å²) < 4.78 is 0. The zero-order valence-corrected chi connectivity index (χ0v) is 11.6. The van der Waals surface area contributed by atoms with Gasteiger partial charge in [-0.15, -0.1) is 0 Å². The molecule has 2 N–H and O–H groups in total. The van der Waals surface area contributed by atoms with Crippen LogP contribution in [-0.2, 0) is 0 Å². The number of rotatable bonds is 4. The summed E-state index contributed by atoms with van der Waals surface area (Å²) in [5.74, 6) is 0.284. The van der Waals surface area contributed by atoms with Crippen LogP contribution in [-0.4, -0.2) is 21.2 Å². The summed E-state index contributed by atoms with van der Waals surface area (Å²) >= 11 is 0. The molecule has 6 heteroatoms. The van der Waals surface area contributed by atoms with E-state index in [1.807, 2.05) is 42.5 Å². The Labute approximate surface area is 126 Å². The minimum absolute atomic E-state index is 0.243. The molecule has 0 unspecified atom stereocenters. The van der Waals surface area contributed by atoms with E-state index in [4.69, 9.17) is 0 Å². The fraction of sp³-hybridized carbons (Fsp3) is 0. The fourth-order valence-corrected chi connectivity index (χ4v) is 1.89. The topological polar surface area (TPSA) is 83.0 Å². The second-order valence-corrected chi connectivity index (χ2v) is 4.50. The monoisotopic (exact) mass is 291 g/mol. The quantitative estimate of drug-likeness (QED) is 0.570. The van der Waals surface area contributed by atoms with Crippen molar-refractivity contribution in [1.82, 2.24) is 15.0 Å². The van der Waals surface area contributed by atoms with Crippen molar-refractivity contribution in [2.75, 3.05) is 5.43 Å². The molecule has 0 bridgehead atoms. The van der Waals surface area contributed by atoms with E-state index in [1.54, 1.807) is 18.6 Å². The minimum atomic E-state index is -0.243. The summed E-state index contributed by atoms with van der Waals surface area (Å²) in [4.78, 5) is 22.6. The molecule has 2 heterocycles. The third-order valence-electron chi connectivity index (χ3n) is 2.88. The third kappa shape index (κ3) is 3.43. The Morgan fingerprint density at radius 1 is 1.14 bits per heavy atom. The van der Waals surface area contributed by atoms with E-state index in [0.717, 1.165) is 11.1 Å². The molecule has 3 rings (SSSR count). The largest absolute Gasteiger partial charge is 0.291 e. The first-order valence-electron chi connectivity index (χ1n) is 6.67. The lowest BCUT2D eigenvalue weighted by Crippen LogP contribution is -2.10. The van der Waals surface area contributed by atoms with E-state index in [1.165, 1.54) is 6.07 Å². The Bertz CT molecular complexity index is 828. The van der Waals surface area contributed by atoms with Crippen LogP contribution in [0.3, 0.4) is 0 Å². The number of hydrogen-bond donors (Lipinski definition) is 2. The summed E-state index contributed by atoms with van der Waals surface area (Å²) in [5, 5.41) is 4.04. The Kier molecular flexibility index (Phi) is 4.01. The van der Waals surface area contributed by atoms with Crippen molar-refractivity contribution >= 4 is 12.2 Å². The highest BCUT2D eigenvalue weighted by Crippen LogP contribution is 2.15. The highest BCUT2D eigenvalue weighted by molar-refractivity contribution is 5.79. The van der Waals surface area contributed by atoms with Gasteiger partial charge in [-0.05, 0) is 6.07 Å². The average molecular weight is 291 g/mol. The van der Waals surface area contributed by atoms with Crippen LogP contribution in [0, 0.1) is 0 Å². The lowest BCUT2D eigenvalue weighted by atomic mass is 10.1. The molecule has 1 aromatic carbocycles. The maximum Gasteiger partial charge on any atom is 0.252 e. The first kappa shape index (κ1) is 13.7. The molecule has 3 aromatic rings. The van der Waals surface area contributed by atoms with Crippen molar-refractivity contribution < 1.29 is 0 Å². The maximum atomic E-state index is 11.7. The van der Waals surface area contributed by atoms with E-state index in [2.05, 4.69) is 25.5 Å². The molecular formula is C16H13N5O. The summed E-state index contributed by atoms with van der Waals surface area (Å²) in [7, 11) is 0. The molecule has 0 aliphatic rings. The second-order valence-electron chi connectivity index (χ2n) is 4.50. The van der Waals surface area contributed by atoms with Crippen LogP contribution in [0.5, 0.6) is 0 Å². The third-order valence-corrected chi connectivity index (χ3v) is 2.88. The number of aromatic amines is 1. The van der Waals surface area contributed by atoms with Crippen LogP contribution in [0.25, 0.3) is 11.3 Å². The fourth-order valence-electron chi connectivity index (χ4n) is 1.89. The number of aromatic nitrogens is 3. The van der Waals surface area contributed by atoms with Crippen molar-refractivity contribution in [1.29, 1.82) is 0 Å². The van der Waals surface area contributed by atoms with Gasteiger partial charge in [-0.2, -0.15) is 5.10 Å². The van der Waals surface area contributed by atoms with E-state index >= 15 is 0 Å². The van der Waals surface area contributed by atoms with Crippen LogP contribution < -0.4 is 11.0 Å². The summed E-state index contributed by atoms with van der Waals surface area (Å²) in [6.45, 7) is 0. The zero-order valence-electron chi connectivity index (χ0n) is 11.6. The van der Waals surface area contributed by atoms with Crippen LogP contribution in [0.2, 0.25) is 0 Å². The molecule has 0 aliphatic carbocycles. The molecule has 0 aliphatic heterocycles. The van der Waals surface area contributed by atoms with Crippen LogP contribution in [0.1, 0.15) is 5.56 Å². The predicted molar refractivity (Wildman–Crippen MR) is 85.7 cm³/mol. The van der Waals surface area contributed by atoms with Crippen LogP contribution >= 0.6 is 0 Å². The lowest BCUT2D eigenvalue weighted by molar-refractivity contribution is 1.09. The normalized spacial score (nSPS) is 10.7. The molecule has 0 radical (unpaired) electrons. The van der Waals surface area contributed by atoms with Gasteiger partial charge in [0.2, 0.25) is 5.95 Å². The van der Waals surface area contributed by atoms with E-state index in [9.17, 15) is 4.79 Å². The number of anilines is 1. The van der Waals surface area contributed by atoms with Gasteiger partial charge >= 0.3 is 0 Å². The summed E-state index contributed by atoms with van der Waals surface area (Å²) in [5.41, 5.74) is 4.78.